The number of hydrogen-bond donors (Lipinski definition) is 4. The third-order valence-electron chi connectivity index (χ3n) is 5.16. The van der Waals surface area contributed by atoms with E-state index in [0.717, 1.165) is 42.7 Å². The molecule has 0 unspecified atom stereocenters. The highest BCUT2D eigenvalue weighted by Gasteiger charge is 2.30. The minimum absolute atomic E-state index is 0.0972. The number of nitrogens with zero attached hydrogens (tertiary/aromatic N) is 1. The molecule has 1 aliphatic rings. The molecule has 2 aromatic rings. The van der Waals surface area contributed by atoms with Crippen LogP contribution in [0.5, 0.6) is 5.75 Å². The summed E-state index contributed by atoms with van der Waals surface area (Å²) in [7, 11) is 0. The van der Waals surface area contributed by atoms with Crippen molar-refractivity contribution in [3.05, 3.63) is 41.6 Å². The van der Waals surface area contributed by atoms with Gasteiger partial charge in [-0.1, -0.05) is 19.1 Å². The van der Waals surface area contributed by atoms with Crippen LogP contribution in [0.3, 0.4) is 0 Å². The second-order valence-corrected chi connectivity index (χ2v) is 7.68. The summed E-state index contributed by atoms with van der Waals surface area (Å²) in [5.41, 5.74) is 7.24. The second-order valence-electron chi connectivity index (χ2n) is 7.68. The quantitative estimate of drug-likeness (QED) is 0.459. The lowest BCUT2D eigenvalue weighted by atomic mass is 10.0. The maximum atomic E-state index is 12.4. The molecular formula is C22H31N5O4. The third kappa shape index (κ3) is 6.99. The van der Waals surface area contributed by atoms with Gasteiger partial charge in [0.05, 0.1) is 6.42 Å². The summed E-state index contributed by atoms with van der Waals surface area (Å²) in [5, 5.41) is 12.8. The molecule has 0 saturated heterocycles. The lowest BCUT2D eigenvalue weighted by Crippen LogP contribution is -2.28. The molecule has 9 nitrogen and oxygen atoms in total. The maximum absolute atomic E-state index is 12.4. The average molecular weight is 430 g/mol. The van der Waals surface area contributed by atoms with E-state index in [1.165, 1.54) is 0 Å². The van der Waals surface area contributed by atoms with Crippen LogP contribution in [-0.2, 0) is 16.0 Å². The Morgan fingerprint density at radius 1 is 1.26 bits per heavy atom. The number of carbonyl (C=O) groups is 2. The van der Waals surface area contributed by atoms with Gasteiger partial charge in [0.25, 0.3) is 0 Å². The van der Waals surface area contributed by atoms with Gasteiger partial charge < -0.3 is 25.8 Å². The van der Waals surface area contributed by atoms with Crippen molar-refractivity contribution >= 4 is 17.8 Å². The number of rotatable bonds is 10. The Kier molecular flexibility index (Phi) is 8.28. The first-order valence-electron chi connectivity index (χ1n) is 10.8. The molecule has 1 aromatic heterocycles. The highest BCUT2D eigenvalue weighted by molar-refractivity contribution is 5.91. The van der Waals surface area contributed by atoms with E-state index in [-0.39, 0.29) is 30.4 Å². The summed E-state index contributed by atoms with van der Waals surface area (Å²) in [6, 6.07) is 9.22. The minimum atomic E-state index is -0.357. The molecule has 0 spiro atoms. The van der Waals surface area contributed by atoms with Gasteiger partial charge >= 0.3 is 6.09 Å². The highest BCUT2D eigenvalue weighted by atomic mass is 16.6. The van der Waals surface area contributed by atoms with E-state index in [4.69, 9.17) is 15.2 Å². The number of aromatic amines is 1. The summed E-state index contributed by atoms with van der Waals surface area (Å²) < 4.78 is 10.9. The van der Waals surface area contributed by atoms with E-state index in [1.54, 1.807) is 0 Å². The fraction of sp³-hybridized carbons (Fsp3) is 0.500. The highest BCUT2D eigenvalue weighted by Crippen LogP contribution is 2.35. The van der Waals surface area contributed by atoms with Gasteiger partial charge in [-0.2, -0.15) is 5.10 Å². The van der Waals surface area contributed by atoms with Crippen molar-refractivity contribution < 1.29 is 19.1 Å². The van der Waals surface area contributed by atoms with Crippen molar-refractivity contribution in [2.45, 2.75) is 51.0 Å². The Balaban J connectivity index is 1.45. The van der Waals surface area contributed by atoms with Gasteiger partial charge in [-0.05, 0) is 43.4 Å². The van der Waals surface area contributed by atoms with Crippen molar-refractivity contribution in [1.82, 2.24) is 15.5 Å². The minimum Gasteiger partial charge on any atom is -0.492 e. The van der Waals surface area contributed by atoms with Crippen LogP contribution in [0.25, 0.3) is 0 Å². The smallest absolute Gasteiger partial charge is 0.407 e. The van der Waals surface area contributed by atoms with Gasteiger partial charge in [0.2, 0.25) is 5.91 Å². The van der Waals surface area contributed by atoms with E-state index in [0.29, 0.717) is 25.5 Å². The fourth-order valence-corrected chi connectivity index (χ4v) is 3.61. The fourth-order valence-electron chi connectivity index (χ4n) is 3.61. The summed E-state index contributed by atoms with van der Waals surface area (Å²) in [5.74, 6) is 1.30. The van der Waals surface area contributed by atoms with Crippen LogP contribution in [0, 0.1) is 0 Å². The van der Waals surface area contributed by atoms with Crippen LogP contribution in [0.4, 0.5) is 10.6 Å². The number of nitrogens with one attached hydrogen (secondary N) is 3. The Bertz CT molecular complexity index is 852. The average Bonchev–Trinajstić information content (AvgIpc) is 3.41. The number of ether oxygens (including phenoxy) is 2. The molecule has 0 bridgehead atoms. The van der Waals surface area contributed by atoms with E-state index in [2.05, 4.69) is 20.8 Å². The molecular weight excluding hydrogens is 398 g/mol. The number of nitrogens with two attached hydrogens (primary N) is 1. The van der Waals surface area contributed by atoms with E-state index >= 15 is 0 Å². The van der Waals surface area contributed by atoms with E-state index in [1.807, 2.05) is 37.3 Å². The molecule has 1 saturated carbocycles. The molecule has 3 rings (SSSR count). The summed E-state index contributed by atoms with van der Waals surface area (Å²) >= 11 is 0. The van der Waals surface area contributed by atoms with Gasteiger partial charge in [0.1, 0.15) is 18.5 Å². The number of alkyl carbamates (subject to hydrolysis) is 1. The first-order valence-corrected chi connectivity index (χ1v) is 10.8. The monoisotopic (exact) mass is 429 g/mol. The molecule has 2 amide bonds. The predicted octanol–water partition coefficient (Wildman–Crippen LogP) is 2.70. The number of hydrogen-bond acceptors (Lipinski definition) is 6. The zero-order valence-corrected chi connectivity index (χ0v) is 17.9. The lowest BCUT2D eigenvalue weighted by Gasteiger charge is -2.12. The molecule has 1 fully saturated rings. The molecule has 0 aliphatic heterocycles. The molecule has 31 heavy (non-hydrogen) atoms. The number of H-pyrrole nitrogens is 1. The zero-order valence-electron chi connectivity index (χ0n) is 17.9. The van der Waals surface area contributed by atoms with E-state index in [9.17, 15) is 9.59 Å². The summed E-state index contributed by atoms with van der Waals surface area (Å²) in [6.07, 6.45) is 3.12. The second kappa shape index (κ2) is 11.4. The Labute approximate surface area is 182 Å². The SMILES string of the molecule is CCCNC(=O)O[C@H]1CC[C@@H](c2cc(NC(=O)Cc3ccc(OCCN)cc3)n[nH]2)C1. The molecule has 2 atom stereocenters. The molecule has 5 N–H and O–H groups in total. The standard InChI is InChI=1S/C22H31N5O4/c1-2-10-24-22(29)31-18-8-5-16(13-18)19-14-20(27-26-19)25-21(28)12-15-3-6-17(7-4-15)30-11-9-23/h3-4,6-7,14,16,18H,2,5,8-13,23H2,1H3,(H,24,29)(H2,25,26,27,28)/t16-,18+/m1/s1. The largest absolute Gasteiger partial charge is 0.492 e. The predicted molar refractivity (Wildman–Crippen MR) is 117 cm³/mol. The summed E-state index contributed by atoms with van der Waals surface area (Å²) in [6.45, 7) is 3.53. The topological polar surface area (TPSA) is 131 Å². The number of amides is 2. The molecule has 0 radical (unpaired) electrons. The van der Waals surface area contributed by atoms with Crippen LogP contribution in [0.15, 0.2) is 30.3 Å². The Morgan fingerprint density at radius 3 is 2.81 bits per heavy atom. The number of aromatic nitrogens is 2. The third-order valence-corrected chi connectivity index (χ3v) is 5.16. The number of benzene rings is 1. The summed E-state index contributed by atoms with van der Waals surface area (Å²) in [4.78, 5) is 24.1. The van der Waals surface area contributed by atoms with Gasteiger partial charge in [-0.15, -0.1) is 0 Å². The van der Waals surface area contributed by atoms with Gasteiger partial charge in [-0.25, -0.2) is 4.79 Å². The van der Waals surface area contributed by atoms with E-state index < -0.39 is 0 Å². The van der Waals surface area contributed by atoms with Crippen molar-refractivity contribution in [2.24, 2.45) is 5.73 Å². The van der Waals surface area contributed by atoms with Crippen LogP contribution < -0.4 is 21.1 Å². The number of anilines is 1. The maximum Gasteiger partial charge on any atom is 0.407 e. The zero-order chi connectivity index (χ0) is 22.1. The van der Waals surface area contributed by atoms with Crippen LogP contribution in [0.2, 0.25) is 0 Å². The molecule has 1 aliphatic carbocycles. The van der Waals surface area contributed by atoms with Crippen LogP contribution in [0.1, 0.15) is 49.8 Å². The first kappa shape index (κ1) is 22.6. The van der Waals surface area contributed by atoms with Gasteiger partial charge in [0.15, 0.2) is 5.82 Å². The van der Waals surface area contributed by atoms with Crippen molar-refractivity contribution in [1.29, 1.82) is 0 Å². The van der Waals surface area contributed by atoms with Gasteiger partial charge in [0, 0.05) is 30.8 Å². The van der Waals surface area contributed by atoms with Crippen LogP contribution >= 0.6 is 0 Å². The molecule has 1 aromatic carbocycles. The van der Waals surface area contributed by atoms with Crippen molar-refractivity contribution in [3.63, 3.8) is 0 Å². The molecule has 168 valence electrons. The lowest BCUT2D eigenvalue weighted by molar-refractivity contribution is -0.115. The number of carbonyl (C=O) groups excluding carboxylic acids is 2. The van der Waals surface area contributed by atoms with Crippen molar-refractivity contribution in [2.75, 3.05) is 25.0 Å². The first-order chi connectivity index (χ1) is 15.1. The van der Waals surface area contributed by atoms with Crippen molar-refractivity contribution in [3.8, 4) is 5.75 Å². The van der Waals surface area contributed by atoms with Gasteiger partial charge in [-0.3, -0.25) is 9.89 Å². The molecule has 9 heteroatoms. The normalized spacial score (nSPS) is 17.9. The Morgan fingerprint density at radius 2 is 2.06 bits per heavy atom. The molecule has 1 heterocycles. The Hall–Kier alpha value is -3.07. The van der Waals surface area contributed by atoms with Crippen LogP contribution in [-0.4, -0.2) is 48.0 Å².